The summed E-state index contributed by atoms with van der Waals surface area (Å²) in [6.45, 7) is 8.21. The molecule has 1 aliphatic heterocycles. The van der Waals surface area contributed by atoms with Crippen LogP contribution < -0.4 is 10.6 Å². The Morgan fingerprint density at radius 3 is 2.89 bits per heavy atom. The normalized spacial score (nSPS) is 17.7. The molecule has 0 saturated carbocycles. The number of aromatic nitrogens is 1. The Labute approximate surface area is 112 Å². The summed E-state index contributed by atoms with van der Waals surface area (Å²) in [7, 11) is 0. The molecule has 2 rings (SSSR count). The summed E-state index contributed by atoms with van der Waals surface area (Å²) >= 11 is 1.56. The molecule has 1 amide bonds. The van der Waals surface area contributed by atoms with Crippen LogP contribution in [0.2, 0.25) is 0 Å². The number of carbonyl (C=O) groups excluding carboxylic acids is 1. The molecule has 0 unspecified atom stereocenters. The lowest BCUT2D eigenvalue weighted by molar-refractivity contribution is -0.132. The van der Waals surface area contributed by atoms with Crippen molar-refractivity contribution in [3.05, 3.63) is 16.6 Å². The number of carbonyl (C=O) groups is 1. The van der Waals surface area contributed by atoms with E-state index in [4.69, 9.17) is 0 Å². The second kappa shape index (κ2) is 5.77. The van der Waals surface area contributed by atoms with Crippen LogP contribution in [0.4, 0.5) is 0 Å². The Balaban J connectivity index is 1.89. The molecule has 0 spiro atoms. The van der Waals surface area contributed by atoms with Crippen molar-refractivity contribution in [2.75, 3.05) is 26.2 Å². The monoisotopic (exact) mass is 268 g/mol. The molecule has 1 aromatic rings. The number of piperazine rings is 1. The van der Waals surface area contributed by atoms with E-state index in [2.05, 4.69) is 20.5 Å². The highest BCUT2D eigenvalue weighted by Crippen LogP contribution is 2.15. The van der Waals surface area contributed by atoms with E-state index < -0.39 is 5.54 Å². The largest absolute Gasteiger partial charge is 0.348 e. The summed E-state index contributed by atoms with van der Waals surface area (Å²) in [5.74, 6) is 0.0691. The minimum absolute atomic E-state index is 0.0691. The van der Waals surface area contributed by atoms with Gasteiger partial charge in [0.2, 0.25) is 5.91 Å². The standard InChI is InChI=1S/C12H20N4OS/c1-12(2,16-6-3-13-4-7-16)11(17)15-9-10-14-5-8-18-10/h5,8,13H,3-4,6-7,9H2,1-2H3,(H,15,17). The molecule has 0 bridgehead atoms. The van der Waals surface area contributed by atoms with Gasteiger partial charge in [-0.25, -0.2) is 4.98 Å². The van der Waals surface area contributed by atoms with E-state index >= 15 is 0 Å². The first-order chi connectivity index (χ1) is 8.60. The lowest BCUT2D eigenvalue weighted by Crippen LogP contribution is -2.59. The van der Waals surface area contributed by atoms with Gasteiger partial charge in [0.05, 0.1) is 12.1 Å². The summed E-state index contributed by atoms with van der Waals surface area (Å²) in [6, 6.07) is 0. The van der Waals surface area contributed by atoms with Crippen LogP contribution in [0, 0.1) is 0 Å². The fraction of sp³-hybridized carbons (Fsp3) is 0.667. The summed E-state index contributed by atoms with van der Waals surface area (Å²) in [6.07, 6.45) is 1.76. The lowest BCUT2D eigenvalue weighted by Gasteiger charge is -2.39. The van der Waals surface area contributed by atoms with Gasteiger partial charge >= 0.3 is 0 Å². The zero-order chi connectivity index (χ0) is 13.0. The fourth-order valence-electron chi connectivity index (χ4n) is 2.08. The molecular weight excluding hydrogens is 248 g/mol. The van der Waals surface area contributed by atoms with Gasteiger partial charge in [0.15, 0.2) is 0 Å². The molecule has 0 atom stereocenters. The zero-order valence-electron chi connectivity index (χ0n) is 10.9. The van der Waals surface area contributed by atoms with Gasteiger partial charge in [0.25, 0.3) is 0 Å². The minimum atomic E-state index is -0.459. The van der Waals surface area contributed by atoms with E-state index in [0.29, 0.717) is 6.54 Å². The van der Waals surface area contributed by atoms with Gasteiger partial charge in [-0.15, -0.1) is 11.3 Å². The Morgan fingerprint density at radius 1 is 1.56 bits per heavy atom. The van der Waals surface area contributed by atoms with E-state index in [9.17, 15) is 4.79 Å². The average Bonchev–Trinajstić information content (AvgIpc) is 2.90. The van der Waals surface area contributed by atoms with Gasteiger partial charge in [-0.2, -0.15) is 0 Å². The van der Waals surface area contributed by atoms with Crippen LogP contribution in [-0.4, -0.2) is 47.5 Å². The second-order valence-electron chi connectivity index (χ2n) is 4.90. The predicted octanol–water partition coefficient (Wildman–Crippen LogP) is 0.443. The summed E-state index contributed by atoms with van der Waals surface area (Å²) in [5, 5.41) is 9.13. The molecule has 1 saturated heterocycles. The third-order valence-corrected chi connectivity index (χ3v) is 4.13. The minimum Gasteiger partial charge on any atom is -0.348 e. The summed E-state index contributed by atoms with van der Waals surface area (Å²) in [5.41, 5.74) is -0.459. The quantitative estimate of drug-likeness (QED) is 0.832. The maximum Gasteiger partial charge on any atom is 0.240 e. The molecule has 6 heteroatoms. The molecule has 1 fully saturated rings. The molecule has 1 aromatic heterocycles. The Kier molecular flexibility index (Phi) is 4.31. The first-order valence-electron chi connectivity index (χ1n) is 6.23. The summed E-state index contributed by atoms with van der Waals surface area (Å²) < 4.78 is 0. The van der Waals surface area contributed by atoms with E-state index in [1.54, 1.807) is 17.5 Å². The van der Waals surface area contributed by atoms with Gasteiger partial charge in [0, 0.05) is 37.8 Å². The third kappa shape index (κ3) is 3.07. The highest BCUT2D eigenvalue weighted by Gasteiger charge is 2.34. The highest BCUT2D eigenvalue weighted by molar-refractivity contribution is 7.09. The molecule has 0 aliphatic carbocycles. The van der Waals surface area contributed by atoms with E-state index in [1.807, 2.05) is 19.2 Å². The predicted molar refractivity (Wildman–Crippen MR) is 72.5 cm³/mol. The molecule has 2 N–H and O–H groups in total. The third-order valence-electron chi connectivity index (χ3n) is 3.35. The number of thiazole rings is 1. The van der Waals surface area contributed by atoms with Crippen LogP contribution in [0.15, 0.2) is 11.6 Å². The maximum atomic E-state index is 12.3. The second-order valence-corrected chi connectivity index (χ2v) is 5.88. The Morgan fingerprint density at radius 2 is 2.28 bits per heavy atom. The van der Waals surface area contributed by atoms with Crippen LogP contribution in [0.1, 0.15) is 18.9 Å². The molecule has 5 nitrogen and oxygen atoms in total. The van der Waals surface area contributed by atoms with Gasteiger partial charge < -0.3 is 10.6 Å². The van der Waals surface area contributed by atoms with Crippen LogP contribution in [-0.2, 0) is 11.3 Å². The average molecular weight is 268 g/mol. The van der Waals surface area contributed by atoms with Crippen LogP contribution in [0.3, 0.4) is 0 Å². The Bertz CT molecular complexity index is 385. The van der Waals surface area contributed by atoms with Crippen molar-refractivity contribution in [3.63, 3.8) is 0 Å². The maximum absolute atomic E-state index is 12.3. The van der Waals surface area contributed by atoms with Crippen molar-refractivity contribution >= 4 is 17.2 Å². The number of hydrogen-bond acceptors (Lipinski definition) is 5. The molecular formula is C12H20N4OS. The molecule has 18 heavy (non-hydrogen) atoms. The van der Waals surface area contributed by atoms with Gasteiger partial charge in [-0.1, -0.05) is 0 Å². The number of nitrogens with one attached hydrogen (secondary N) is 2. The highest BCUT2D eigenvalue weighted by atomic mass is 32.1. The smallest absolute Gasteiger partial charge is 0.240 e. The zero-order valence-corrected chi connectivity index (χ0v) is 11.7. The topological polar surface area (TPSA) is 57.3 Å². The van der Waals surface area contributed by atoms with Crippen molar-refractivity contribution in [3.8, 4) is 0 Å². The van der Waals surface area contributed by atoms with Crippen molar-refractivity contribution in [1.82, 2.24) is 20.5 Å². The summed E-state index contributed by atoms with van der Waals surface area (Å²) in [4.78, 5) is 18.6. The van der Waals surface area contributed by atoms with E-state index in [1.165, 1.54) is 0 Å². The number of amides is 1. The lowest BCUT2D eigenvalue weighted by atomic mass is 10.0. The van der Waals surface area contributed by atoms with Crippen molar-refractivity contribution in [2.24, 2.45) is 0 Å². The van der Waals surface area contributed by atoms with Gasteiger partial charge in [-0.05, 0) is 13.8 Å². The van der Waals surface area contributed by atoms with Crippen molar-refractivity contribution < 1.29 is 4.79 Å². The van der Waals surface area contributed by atoms with Crippen molar-refractivity contribution in [1.29, 1.82) is 0 Å². The molecule has 0 radical (unpaired) electrons. The van der Waals surface area contributed by atoms with Gasteiger partial charge in [-0.3, -0.25) is 9.69 Å². The molecule has 2 heterocycles. The molecule has 1 aliphatic rings. The molecule has 100 valence electrons. The number of nitrogens with zero attached hydrogens (tertiary/aromatic N) is 2. The SMILES string of the molecule is CC(C)(C(=O)NCc1nccs1)N1CCNCC1. The van der Waals surface area contributed by atoms with Crippen molar-refractivity contribution in [2.45, 2.75) is 25.9 Å². The first kappa shape index (κ1) is 13.5. The van der Waals surface area contributed by atoms with Crippen LogP contribution >= 0.6 is 11.3 Å². The van der Waals surface area contributed by atoms with E-state index in [0.717, 1.165) is 31.2 Å². The number of rotatable bonds is 4. The number of hydrogen-bond donors (Lipinski definition) is 2. The van der Waals surface area contributed by atoms with Gasteiger partial charge in [0.1, 0.15) is 5.01 Å². The molecule has 0 aromatic carbocycles. The van der Waals surface area contributed by atoms with E-state index in [-0.39, 0.29) is 5.91 Å². The fourth-order valence-corrected chi connectivity index (χ4v) is 2.64. The van der Waals surface area contributed by atoms with Crippen LogP contribution in [0.5, 0.6) is 0 Å². The van der Waals surface area contributed by atoms with Crippen LogP contribution in [0.25, 0.3) is 0 Å². The first-order valence-corrected chi connectivity index (χ1v) is 7.11. The Hall–Kier alpha value is -0.980.